The second-order valence-corrected chi connectivity index (χ2v) is 1.86. The summed E-state index contributed by atoms with van der Waals surface area (Å²) in [7, 11) is 0. The maximum atomic E-state index is 8.85. The van der Waals surface area contributed by atoms with Gasteiger partial charge in [0.25, 0.3) is 0 Å². The number of thiocarbonyl (C=S) groups is 1. The van der Waals surface area contributed by atoms with Gasteiger partial charge in [-0.3, -0.25) is 0 Å². The lowest BCUT2D eigenvalue weighted by molar-refractivity contribution is 0.439. The van der Waals surface area contributed by atoms with E-state index in [2.05, 4.69) is 17.3 Å². The van der Waals surface area contributed by atoms with E-state index in [-0.39, 0.29) is 11.0 Å². The van der Waals surface area contributed by atoms with Gasteiger partial charge in [-0.25, -0.2) is 0 Å². The Morgan fingerprint density at radius 3 is 2.78 bits per heavy atom. The first-order valence-electron chi connectivity index (χ1n) is 2.24. The number of rotatable bonds is 0. The molecule has 0 unspecified atom stereocenters. The average molecular weight is 143 g/mol. The Balaban J connectivity index is 3.08. The first-order chi connectivity index (χ1) is 4.22. The van der Waals surface area contributed by atoms with Crippen molar-refractivity contribution < 1.29 is 5.11 Å². The van der Waals surface area contributed by atoms with Crippen molar-refractivity contribution in [2.45, 2.75) is 0 Å². The van der Waals surface area contributed by atoms with Crippen molar-refractivity contribution in [3.8, 4) is 5.88 Å². The van der Waals surface area contributed by atoms with Gasteiger partial charge in [-0.05, 0) is 12.2 Å². The molecule has 48 valence electrons. The van der Waals surface area contributed by atoms with E-state index in [1.54, 1.807) is 0 Å². The van der Waals surface area contributed by atoms with Crippen molar-refractivity contribution in [2.24, 2.45) is 5.73 Å². The summed E-state index contributed by atoms with van der Waals surface area (Å²) >= 11 is 4.52. The van der Waals surface area contributed by atoms with Gasteiger partial charge < -0.3 is 10.8 Å². The van der Waals surface area contributed by atoms with Crippen LogP contribution >= 0.6 is 12.2 Å². The van der Waals surface area contributed by atoms with E-state index < -0.39 is 0 Å². The highest BCUT2D eigenvalue weighted by Gasteiger charge is 1.98. The lowest BCUT2D eigenvalue weighted by Crippen LogP contribution is -2.19. The number of hydrogen-bond donors (Lipinski definition) is 2. The van der Waals surface area contributed by atoms with Crippen molar-refractivity contribution in [3.05, 3.63) is 12.3 Å². The van der Waals surface area contributed by atoms with Crippen LogP contribution in [0.3, 0.4) is 0 Å². The molecule has 0 spiro atoms. The fraction of sp³-hybridized carbons (Fsp3) is 0. The monoisotopic (exact) mass is 143 g/mol. The fourth-order valence-electron chi connectivity index (χ4n) is 0.466. The number of hydrogen-bond acceptors (Lipinski definition) is 3. The van der Waals surface area contributed by atoms with Gasteiger partial charge in [-0.2, -0.15) is 9.78 Å². The third-order valence-corrected chi connectivity index (χ3v) is 1.00. The zero-order chi connectivity index (χ0) is 6.85. The number of aromatic nitrogens is 2. The minimum absolute atomic E-state index is 0.0394. The number of nitrogens with two attached hydrogens (primary N) is 1. The van der Waals surface area contributed by atoms with E-state index >= 15 is 0 Å². The molecule has 0 aliphatic carbocycles. The minimum Gasteiger partial charge on any atom is -0.493 e. The lowest BCUT2D eigenvalue weighted by atomic mass is 10.7. The third-order valence-electron chi connectivity index (χ3n) is 0.832. The zero-order valence-corrected chi connectivity index (χ0v) is 5.30. The van der Waals surface area contributed by atoms with Crippen LogP contribution in [0, 0.1) is 0 Å². The van der Waals surface area contributed by atoms with Gasteiger partial charge in [0.05, 0.1) is 6.20 Å². The van der Waals surface area contributed by atoms with Gasteiger partial charge in [0.15, 0.2) is 5.11 Å². The topological polar surface area (TPSA) is 64.1 Å². The van der Waals surface area contributed by atoms with Gasteiger partial charge in [0, 0.05) is 6.07 Å². The Bertz CT molecular complexity index is 231. The summed E-state index contributed by atoms with van der Waals surface area (Å²) in [5, 5.41) is 12.5. The minimum atomic E-state index is -0.0394. The molecule has 0 fully saturated rings. The standard InChI is InChI=1S/C4H5N3OS/c5-4(9)7-3(8)1-2-6-7/h1-2,8H,(H2,5,9). The predicted octanol–water partition coefficient (Wildman–Crippen LogP) is -0.320. The molecule has 0 atom stereocenters. The number of nitrogens with zero attached hydrogens (tertiary/aromatic N) is 2. The Morgan fingerprint density at radius 1 is 1.89 bits per heavy atom. The highest BCUT2D eigenvalue weighted by Crippen LogP contribution is 2.03. The van der Waals surface area contributed by atoms with Crippen LogP contribution < -0.4 is 5.73 Å². The summed E-state index contributed by atoms with van der Waals surface area (Å²) in [6, 6.07) is 1.40. The normalized spacial score (nSPS) is 9.33. The Labute approximate surface area is 56.9 Å². The van der Waals surface area contributed by atoms with E-state index in [1.165, 1.54) is 12.3 Å². The molecule has 1 aromatic rings. The van der Waals surface area contributed by atoms with Gasteiger partial charge in [0.1, 0.15) is 0 Å². The summed E-state index contributed by atoms with van der Waals surface area (Å²) in [5.41, 5.74) is 5.13. The maximum absolute atomic E-state index is 8.85. The van der Waals surface area contributed by atoms with Gasteiger partial charge >= 0.3 is 0 Å². The second-order valence-electron chi connectivity index (χ2n) is 1.44. The Morgan fingerprint density at radius 2 is 2.56 bits per heavy atom. The van der Waals surface area contributed by atoms with E-state index in [0.717, 1.165) is 4.68 Å². The summed E-state index contributed by atoms with van der Waals surface area (Å²) in [5.74, 6) is -0.0394. The number of aromatic hydroxyl groups is 1. The molecule has 0 amide bonds. The van der Waals surface area contributed by atoms with Crippen LogP contribution in [0.25, 0.3) is 0 Å². The molecule has 0 aromatic carbocycles. The summed E-state index contributed by atoms with van der Waals surface area (Å²) in [6.07, 6.45) is 1.41. The van der Waals surface area contributed by atoms with Crippen LogP contribution in [0.5, 0.6) is 5.88 Å². The highest BCUT2D eigenvalue weighted by atomic mass is 32.1. The van der Waals surface area contributed by atoms with Crippen LogP contribution in [-0.2, 0) is 0 Å². The smallest absolute Gasteiger partial charge is 0.216 e. The molecule has 0 aliphatic heterocycles. The Hall–Kier alpha value is -1.10. The third kappa shape index (κ3) is 0.996. The SMILES string of the molecule is NC(=S)n1nccc1O. The molecule has 9 heavy (non-hydrogen) atoms. The van der Waals surface area contributed by atoms with Crippen LogP contribution in [0.1, 0.15) is 0 Å². The molecule has 0 saturated carbocycles. The molecule has 5 heteroatoms. The van der Waals surface area contributed by atoms with E-state index in [1.807, 2.05) is 0 Å². The zero-order valence-electron chi connectivity index (χ0n) is 4.48. The van der Waals surface area contributed by atoms with Crippen LogP contribution in [0.15, 0.2) is 12.3 Å². The van der Waals surface area contributed by atoms with Crippen LogP contribution in [0.4, 0.5) is 0 Å². The van der Waals surface area contributed by atoms with Crippen molar-refractivity contribution in [2.75, 3.05) is 0 Å². The van der Waals surface area contributed by atoms with Crippen molar-refractivity contribution >= 4 is 17.3 Å². The molecular formula is C4H5N3OS. The van der Waals surface area contributed by atoms with E-state index in [4.69, 9.17) is 10.8 Å². The molecular weight excluding hydrogens is 138 g/mol. The summed E-state index contributed by atoms with van der Waals surface area (Å²) in [6.45, 7) is 0. The highest BCUT2D eigenvalue weighted by molar-refractivity contribution is 7.80. The second kappa shape index (κ2) is 2.02. The van der Waals surface area contributed by atoms with Crippen LogP contribution in [-0.4, -0.2) is 20.0 Å². The maximum Gasteiger partial charge on any atom is 0.216 e. The van der Waals surface area contributed by atoms with E-state index in [0.29, 0.717) is 0 Å². The van der Waals surface area contributed by atoms with Gasteiger partial charge in [0.2, 0.25) is 5.88 Å². The first kappa shape index (κ1) is 6.03. The molecule has 1 heterocycles. The first-order valence-corrected chi connectivity index (χ1v) is 2.65. The van der Waals surface area contributed by atoms with Crippen LogP contribution in [0.2, 0.25) is 0 Å². The molecule has 1 aromatic heterocycles. The molecule has 0 saturated heterocycles. The quantitative estimate of drug-likeness (QED) is 0.488. The molecule has 3 N–H and O–H groups in total. The van der Waals surface area contributed by atoms with Crippen molar-refractivity contribution in [1.29, 1.82) is 0 Å². The van der Waals surface area contributed by atoms with Crippen molar-refractivity contribution in [3.63, 3.8) is 0 Å². The molecule has 0 bridgehead atoms. The molecule has 4 nitrogen and oxygen atoms in total. The average Bonchev–Trinajstić information content (AvgIpc) is 2.13. The van der Waals surface area contributed by atoms with E-state index in [9.17, 15) is 0 Å². The fourth-order valence-corrected chi connectivity index (χ4v) is 0.607. The predicted molar refractivity (Wildman–Crippen MR) is 36.1 cm³/mol. The van der Waals surface area contributed by atoms with Gasteiger partial charge in [-0.1, -0.05) is 0 Å². The lowest BCUT2D eigenvalue weighted by Gasteiger charge is -1.95. The summed E-state index contributed by atoms with van der Waals surface area (Å²) < 4.78 is 1.06. The van der Waals surface area contributed by atoms with Gasteiger partial charge in [-0.15, -0.1) is 0 Å². The largest absolute Gasteiger partial charge is 0.493 e. The molecule has 1 rings (SSSR count). The van der Waals surface area contributed by atoms with Crippen molar-refractivity contribution in [1.82, 2.24) is 9.78 Å². The molecule has 0 radical (unpaired) electrons. The molecule has 0 aliphatic rings. The Kier molecular flexibility index (Phi) is 1.35. The summed E-state index contributed by atoms with van der Waals surface area (Å²) in [4.78, 5) is 0.